The minimum atomic E-state index is -0.384. The van der Waals surface area contributed by atoms with Crippen molar-refractivity contribution in [3.05, 3.63) is 41.2 Å². The quantitative estimate of drug-likeness (QED) is 0.733. The predicted molar refractivity (Wildman–Crippen MR) is 101 cm³/mol. The Morgan fingerprint density at radius 2 is 2.11 bits per heavy atom. The lowest BCUT2D eigenvalue weighted by Gasteiger charge is -2.14. The van der Waals surface area contributed by atoms with Gasteiger partial charge >= 0.3 is 0 Å². The van der Waals surface area contributed by atoms with Gasteiger partial charge in [-0.2, -0.15) is 10.2 Å². The van der Waals surface area contributed by atoms with Gasteiger partial charge in [0.15, 0.2) is 5.82 Å². The molecule has 0 bridgehead atoms. The van der Waals surface area contributed by atoms with Gasteiger partial charge in [0.2, 0.25) is 11.8 Å². The Morgan fingerprint density at radius 3 is 2.85 bits per heavy atom. The van der Waals surface area contributed by atoms with Crippen LogP contribution in [0.1, 0.15) is 23.4 Å². The van der Waals surface area contributed by atoms with E-state index >= 15 is 0 Å². The highest BCUT2D eigenvalue weighted by molar-refractivity contribution is 6.05. The minimum absolute atomic E-state index is 0.0823. The number of aryl methyl sites for hydroxylation is 2. The molecule has 27 heavy (non-hydrogen) atoms. The molecule has 1 fully saturated rings. The van der Waals surface area contributed by atoms with Gasteiger partial charge in [-0.25, -0.2) is 0 Å². The zero-order valence-corrected chi connectivity index (χ0v) is 15.6. The number of carbonyl (C=O) groups is 2. The molecule has 2 aromatic heterocycles. The zero-order chi connectivity index (χ0) is 19.1. The second-order valence-corrected chi connectivity index (χ2v) is 6.99. The number of fused-ring (bicyclic) bond motifs is 1. The summed E-state index contributed by atoms with van der Waals surface area (Å²) in [5.41, 5.74) is 3.82. The molecule has 8 heteroatoms. The SMILES string of the molecule is Cc1nn(C)c(C)c1CNC(=O)[C@@H]1CC(=O)N(c2n[nH]c3ccccc23)C1. The van der Waals surface area contributed by atoms with Gasteiger partial charge in [-0.15, -0.1) is 0 Å². The van der Waals surface area contributed by atoms with Crippen LogP contribution >= 0.6 is 0 Å². The molecule has 4 rings (SSSR count). The third-order valence-electron chi connectivity index (χ3n) is 5.30. The summed E-state index contributed by atoms with van der Waals surface area (Å²) < 4.78 is 1.81. The van der Waals surface area contributed by atoms with Crippen LogP contribution in [0.25, 0.3) is 10.9 Å². The fourth-order valence-electron chi connectivity index (χ4n) is 3.64. The van der Waals surface area contributed by atoms with Crippen molar-refractivity contribution in [1.82, 2.24) is 25.3 Å². The smallest absolute Gasteiger partial charge is 0.229 e. The lowest BCUT2D eigenvalue weighted by Crippen LogP contribution is -2.33. The number of carbonyl (C=O) groups excluding carboxylic acids is 2. The Balaban J connectivity index is 1.46. The fourth-order valence-corrected chi connectivity index (χ4v) is 3.64. The van der Waals surface area contributed by atoms with Crippen LogP contribution in [0.15, 0.2) is 24.3 Å². The van der Waals surface area contributed by atoms with Gasteiger partial charge < -0.3 is 5.32 Å². The number of nitrogens with one attached hydrogen (secondary N) is 2. The van der Waals surface area contributed by atoms with Crippen molar-refractivity contribution in [2.75, 3.05) is 11.4 Å². The first-order chi connectivity index (χ1) is 13.0. The molecule has 0 spiro atoms. The van der Waals surface area contributed by atoms with E-state index in [0.717, 1.165) is 27.9 Å². The van der Waals surface area contributed by atoms with Crippen molar-refractivity contribution in [3.63, 3.8) is 0 Å². The van der Waals surface area contributed by atoms with E-state index < -0.39 is 0 Å². The molecule has 8 nitrogen and oxygen atoms in total. The number of aromatic amines is 1. The maximum Gasteiger partial charge on any atom is 0.229 e. The van der Waals surface area contributed by atoms with E-state index in [2.05, 4.69) is 20.6 Å². The first-order valence-corrected chi connectivity index (χ1v) is 8.96. The summed E-state index contributed by atoms with van der Waals surface area (Å²) in [4.78, 5) is 26.7. The van der Waals surface area contributed by atoms with Crippen LogP contribution < -0.4 is 10.2 Å². The van der Waals surface area contributed by atoms with Crippen LogP contribution in [-0.2, 0) is 23.2 Å². The van der Waals surface area contributed by atoms with Crippen molar-refractivity contribution in [2.45, 2.75) is 26.8 Å². The summed E-state index contributed by atoms with van der Waals surface area (Å²) in [6.07, 6.45) is 0.192. The van der Waals surface area contributed by atoms with Crippen LogP contribution in [0.4, 0.5) is 5.82 Å². The van der Waals surface area contributed by atoms with Gasteiger partial charge in [-0.05, 0) is 26.0 Å². The van der Waals surface area contributed by atoms with Crippen LogP contribution in [0.5, 0.6) is 0 Å². The average Bonchev–Trinajstić information content (AvgIpc) is 3.30. The molecule has 2 N–H and O–H groups in total. The average molecular weight is 366 g/mol. The molecule has 0 aliphatic carbocycles. The summed E-state index contributed by atoms with van der Waals surface area (Å²) in [5.74, 6) is 0.00424. The Kier molecular flexibility index (Phi) is 4.18. The van der Waals surface area contributed by atoms with Gasteiger partial charge in [0.05, 0.1) is 17.1 Å². The van der Waals surface area contributed by atoms with Crippen molar-refractivity contribution < 1.29 is 9.59 Å². The van der Waals surface area contributed by atoms with E-state index in [9.17, 15) is 9.59 Å². The summed E-state index contributed by atoms with van der Waals surface area (Å²) in [6, 6.07) is 7.65. The molecule has 1 aliphatic rings. The molecule has 1 atom stereocenters. The second kappa shape index (κ2) is 6.53. The number of rotatable bonds is 4. The molecular weight excluding hydrogens is 344 g/mol. The summed E-state index contributed by atoms with van der Waals surface area (Å²) >= 11 is 0. The fraction of sp³-hybridized carbons (Fsp3) is 0.368. The number of amides is 2. The van der Waals surface area contributed by atoms with Crippen LogP contribution in [-0.4, -0.2) is 38.3 Å². The van der Waals surface area contributed by atoms with Gasteiger partial charge in [0.25, 0.3) is 0 Å². The lowest BCUT2D eigenvalue weighted by molar-refractivity contribution is -0.126. The Morgan fingerprint density at radius 1 is 1.33 bits per heavy atom. The summed E-state index contributed by atoms with van der Waals surface area (Å²) in [7, 11) is 1.88. The molecule has 1 aliphatic heterocycles. The molecule has 1 saturated heterocycles. The first kappa shape index (κ1) is 17.3. The van der Waals surface area contributed by atoms with Crippen molar-refractivity contribution in [2.24, 2.45) is 13.0 Å². The van der Waals surface area contributed by atoms with Gasteiger partial charge in [0.1, 0.15) is 0 Å². The molecule has 0 radical (unpaired) electrons. The Bertz CT molecular complexity index is 1030. The van der Waals surface area contributed by atoms with Crippen molar-refractivity contribution in [3.8, 4) is 0 Å². The number of anilines is 1. The number of nitrogens with zero attached hydrogens (tertiary/aromatic N) is 4. The normalized spacial score (nSPS) is 17.1. The molecule has 0 saturated carbocycles. The number of hydrogen-bond acceptors (Lipinski definition) is 4. The van der Waals surface area contributed by atoms with E-state index in [4.69, 9.17) is 0 Å². The van der Waals surface area contributed by atoms with E-state index in [0.29, 0.717) is 18.9 Å². The van der Waals surface area contributed by atoms with Crippen molar-refractivity contribution in [1.29, 1.82) is 0 Å². The molecule has 1 aromatic carbocycles. The van der Waals surface area contributed by atoms with E-state index in [1.54, 1.807) is 9.58 Å². The molecular formula is C19H22N6O2. The lowest BCUT2D eigenvalue weighted by atomic mass is 10.1. The Labute approximate surface area is 156 Å². The zero-order valence-electron chi connectivity index (χ0n) is 15.6. The topological polar surface area (TPSA) is 95.9 Å². The molecule has 0 unspecified atom stereocenters. The standard InChI is InChI=1S/C19H22N6O2/c1-11-15(12(2)24(3)23-11)9-20-19(27)13-8-17(26)25(10-13)18-14-6-4-5-7-16(14)21-22-18/h4-7,13H,8-10H2,1-3H3,(H,20,27)(H,21,22)/t13-/m1/s1. The van der Waals surface area contributed by atoms with Gasteiger partial charge in [0, 0.05) is 43.2 Å². The molecule has 3 heterocycles. The number of aromatic nitrogens is 4. The molecule has 3 aromatic rings. The number of hydrogen-bond donors (Lipinski definition) is 2. The monoisotopic (exact) mass is 366 g/mol. The summed E-state index contributed by atoms with van der Waals surface area (Å²) in [6.45, 7) is 4.66. The Hall–Kier alpha value is -3.16. The second-order valence-electron chi connectivity index (χ2n) is 6.99. The predicted octanol–water partition coefficient (Wildman–Crippen LogP) is 1.58. The third-order valence-corrected chi connectivity index (χ3v) is 5.30. The van der Waals surface area contributed by atoms with E-state index in [-0.39, 0.29) is 24.2 Å². The summed E-state index contributed by atoms with van der Waals surface area (Å²) in [5, 5.41) is 15.4. The van der Waals surface area contributed by atoms with E-state index in [1.165, 1.54) is 0 Å². The minimum Gasteiger partial charge on any atom is -0.352 e. The van der Waals surface area contributed by atoms with Crippen molar-refractivity contribution >= 4 is 28.5 Å². The number of para-hydroxylation sites is 1. The van der Waals surface area contributed by atoms with E-state index in [1.807, 2.05) is 45.2 Å². The maximum absolute atomic E-state index is 12.6. The molecule has 2 amide bonds. The highest BCUT2D eigenvalue weighted by atomic mass is 16.2. The highest BCUT2D eigenvalue weighted by Gasteiger charge is 2.36. The third kappa shape index (κ3) is 2.97. The van der Waals surface area contributed by atoms with Crippen LogP contribution in [0, 0.1) is 19.8 Å². The maximum atomic E-state index is 12.6. The highest BCUT2D eigenvalue weighted by Crippen LogP contribution is 2.29. The van der Waals surface area contributed by atoms with Crippen LogP contribution in [0.3, 0.4) is 0 Å². The number of H-pyrrole nitrogens is 1. The van der Waals surface area contributed by atoms with Gasteiger partial charge in [-0.3, -0.25) is 24.3 Å². The van der Waals surface area contributed by atoms with Crippen LogP contribution in [0.2, 0.25) is 0 Å². The molecule has 140 valence electrons. The largest absolute Gasteiger partial charge is 0.352 e. The van der Waals surface area contributed by atoms with Gasteiger partial charge in [-0.1, -0.05) is 12.1 Å². The number of benzene rings is 1. The first-order valence-electron chi connectivity index (χ1n) is 8.96.